The molecule has 0 bridgehead atoms. The molecular weight excluding hydrogens is 482 g/mol. The third-order valence-electron chi connectivity index (χ3n) is 5.67. The van der Waals surface area contributed by atoms with Crippen LogP contribution in [0.2, 0.25) is 0 Å². The molecule has 0 aromatic carbocycles. The minimum Gasteiger partial charge on any atom is -0.444 e. The smallest absolute Gasteiger partial charge is 0.408 e. The number of carbonyl (C=O) groups is 1. The summed E-state index contributed by atoms with van der Waals surface area (Å²) in [6, 6.07) is -0.469. The van der Waals surface area contributed by atoms with Crippen molar-refractivity contribution in [1.82, 2.24) is 21.2 Å². The first-order valence-electron chi connectivity index (χ1n) is 13.1. The number of hydrogen-bond donors (Lipinski definition) is 4. The Bertz CT molecular complexity index is 823. The average molecular weight is 526 g/mol. The number of allylic oxidation sites excluding steroid dienone is 2. The van der Waals surface area contributed by atoms with Gasteiger partial charge in [-0.15, -0.1) is 0 Å². The molecule has 12 heteroatoms. The van der Waals surface area contributed by atoms with Gasteiger partial charge in [0.15, 0.2) is 0 Å². The number of carbonyl (C=O) groups excluding carboxylic acids is 1. The summed E-state index contributed by atoms with van der Waals surface area (Å²) in [5.41, 5.74) is 3.37. The summed E-state index contributed by atoms with van der Waals surface area (Å²) in [6.45, 7) is 6.84. The molecule has 4 N–H and O–H groups in total. The second-order valence-corrected chi connectivity index (χ2v) is 10.1. The second-order valence-electron chi connectivity index (χ2n) is 10.1. The summed E-state index contributed by atoms with van der Waals surface area (Å²) in [5, 5.41) is 27.6. The molecule has 1 amide bonds. The fourth-order valence-corrected chi connectivity index (χ4v) is 3.82. The zero-order valence-electron chi connectivity index (χ0n) is 22.3. The van der Waals surface area contributed by atoms with Crippen LogP contribution in [0, 0.1) is 10.1 Å². The van der Waals surface area contributed by atoms with E-state index in [1.807, 2.05) is 0 Å². The Morgan fingerprint density at radius 2 is 1.78 bits per heavy atom. The fourth-order valence-electron chi connectivity index (χ4n) is 3.82. The number of unbranched alkanes of at least 4 members (excludes halogenated alkanes) is 8. The van der Waals surface area contributed by atoms with Crippen molar-refractivity contribution < 1.29 is 29.2 Å². The van der Waals surface area contributed by atoms with E-state index in [4.69, 9.17) is 14.4 Å². The van der Waals surface area contributed by atoms with Crippen molar-refractivity contribution in [3.05, 3.63) is 45.7 Å². The van der Waals surface area contributed by atoms with Crippen LogP contribution >= 0.6 is 0 Å². The summed E-state index contributed by atoms with van der Waals surface area (Å²) < 4.78 is 10.8. The lowest BCUT2D eigenvalue weighted by molar-refractivity contribution is -0.465. The van der Waals surface area contributed by atoms with Crippen LogP contribution in [0.15, 0.2) is 35.6 Å². The third-order valence-corrected chi connectivity index (χ3v) is 5.67. The lowest BCUT2D eigenvalue weighted by atomic mass is 10.1. The van der Waals surface area contributed by atoms with E-state index in [0.717, 1.165) is 37.9 Å². The standard InChI is InChI=1S/C25H43N5O7/c1-25(2,3)36-24(32)28-20(18-31)19-35-16-12-10-8-6-4-5-7-9-11-15-26-21-13-14-23(30(33)34)29-22(21)17-27-37-29/h13-14,17,20,26-27,31H,4-12,15-16,18-19H2,1-3H3,(H,28,32)/t20-/m0/s1. The van der Waals surface area contributed by atoms with Crippen molar-refractivity contribution in [2.45, 2.75) is 90.2 Å². The molecule has 0 spiro atoms. The quantitative estimate of drug-likeness (QED) is 0.119. The zero-order valence-corrected chi connectivity index (χ0v) is 22.3. The molecule has 2 heterocycles. The largest absolute Gasteiger partial charge is 0.444 e. The number of aliphatic hydroxyl groups is 1. The molecule has 12 nitrogen and oxygen atoms in total. The lowest BCUT2D eigenvalue weighted by Gasteiger charge is -2.22. The van der Waals surface area contributed by atoms with Crippen molar-refractivity contribution in [2.75, 3.05) is 26.4 Å². The molecule has 0 saturated heterocycles. The monoisotopic (exact) mass is 525 g/mol. The molecule has 0 aliphatic carbocycles. The van der Waals surface area contributed by atoms with E-state index in [1.165, 1.54) is 43.2 Å². The molecule has 210 valence electrons. The first kappa shape index (κ1) is 30.4. The second kappa shape index (κ2) is 16.1. The zero-order chi connectivity index (χ0) is 27.1. The first-order valence-corrected chi connectivity index (χ1v) is 13.1. The summed E-state index contributed by atoms with van der Waals surface area (Å²) >= 11 is 0. The number of hydrogen-bond acceptors (Lipinski definition) is 10. The summed E-state index contributed by atoms with van der Waals surface area (Å²) in [5.74, 6) is -0.128. The topological polar surface area (TPSA) is 147 Å². The third kappa shape index (κ3) is 11.8. The van der Waals surface area contributed by atoms with Gasteiger partial charge in [-0.1, -0.05) is 49.9 Å². The van der Waals surface area contributed by atoms with Gasteiger partial charge in [0.1, 0.15) is 5.60 Å². The van der Waals surface area contributed by atoms with Crippen LogP contribution in [0.5, 0.6) is 0 Å². The van der Waals surface area contributed by atoms with Gasteiger partial charge >= 0.3 is 11.9 Å². The average Bonchev–Trinajstić information content (AvgIpc) is 3.32. The Morgan fingerprint density at radius 1 is 1.14 bits per heavy atom. The summed E-state index contributed by atoms with van der Waals surface area (Å²) in [4.78, 5) is 27.4. The van der Waals surface area contributed by atoms with Crippen molar-refractivity contribution in [1.29, 1.82) is 0 Å². The number of ether oxygens (including phenoxy) is 2. The molecule has 0 fully saturated rings. The molecule has 0 radical (unpaired) electrons. The van der Waals surface area contributed by atoms with Crippen LogP contribution in [0.4, 0.5) is 4.79 Å². The van der Waals surface area contributed by atoms with Crippen LogP contribution in [0.3, 0.4) is 0 Å². The fraction of sp³-hybridized carbons (Fsp3) is 0.720. The molecule has 0 aromatic rings. The number of nitrogens with one attached hydrogen (secondary N) is 3. The van der Waals surface area contributed by atoms with Gasteiger partial charge in [0.25, 0.3) is 0 Å². The molecule has 0 aromatic heterocycles. The Morgan fingerprint density at radius 3 is 2.41 bits per heavy atom. The van der Waals surface area contributed by atoms with E-state index in [9.17, 15) is 20.0 Å². The number of nitro groups is 1. The number of amides is 1. The van der Waals surface area contributed by atoms with Crippen molar-refractivity contribution in [3.8, 4) is 0 Å². The van der Waals surface area contributed by atoms with Crippen molar-refractivity contribution in [2.24, 2.45) is 0 Å². The predicted octanol–water partition coefficient (Wildman–Crippen LogP) is 3.60. The van der Waals surface area contributed by atoms with Gasteiger partial charge < -0.3 is 35.3 Å². The number of rotatable bonds is 18. The van der Waals surface area contributed by atoms with Gasteiger partial charge in [-0.05, 0) is 49.7 Å². The number of aliphatic hydroxyl groups excluding tert-OH is 1. The van der Waals surface area contributed by atoms with E-state index in [0.29, 0.717) is 12.3 Å². The van der Waals surface area contributed by atoms with E-state index in [2.05, 4.69) is 16.1 Å². The number of alkyl carbamates (subject to hydrolysis) is 1. The maximum atomic E-state index is 11.8. The van der Waals surface area contributed by atoms with Crippen LogP contribution in [0.1, 0.15) is 78.6 Å². The van der Waals surface area contributed by atoms with Crippen LogP contribution in [-0.2, 0) is 14.4 Å². The molecule has 2 aliphatic rings. The van der Waals surface area contributed by atoms with Crippen molar-refractivity contribution in [3.63, 3.8) is 0 Å². The Kier molecular flexibility index (Phi) is 13.2. The highest BCUT2D eigenvalue weighted by Crippen LogP contribution is 2.26. The van der Waals surface area contributed by atoms with Gasteiger partial charge in [0, 0.05) is 19.2 Å². The molecular formula is C25H43N5O7. The minimum absolute atomic E-state index is 0.128. The van der Waals surface area contributed by atoms with Crippen LogP contribution < -0.4 is 16.1 Å². The van der Waals surface area contributed by atoms with Gasteiger partial charge in [-0.3, -0.25) is 0 Å². The Labute approximate surface area is 219 Å². The predicted molar refractivity (Wildman–Crippen MR) is 138 cm³/mol. The first-order chi connectivity index (χ1) is 17.7. The van der Waals surface area contributed by atoms with E-state index >= 15 is 0 Å². The summed E-state index contributed by atoms with van der Waals surface area (Å²) in [7, 11) is 0. The lowest BCUT2D eigenvalue weighted by Crippen LogP contribution is -2.43. The molecule has 0 saturated carbocycles. The van der Waals surface area contributed by atoms with Gasteiger partial charge in [0.2, 0.25) is 5.70 Å². The normalized spacial score (nSPS) is 15.7. The van der Waals surface area contributed by atoms with E-state index in [-0.39, 0.29) is 19.0 Å². The minimum atomic E-state index is -0.578. The molecule has 2 aliphatic heterocycles. The van der Waals surface area contributed by atoms with E-state index < -0.39 is 22.7 Å². The van der Waals surface area contributed by atoms with Gasteiger partial charge in [0.05, 0.1) is 31.2 Å². The number of fused-ring (bicyclic) bond motifs is 1. The van der Waals surface area contributed by atoms with Crippen molar-refractivity contribution >= 4 is 6.09 Å². The van der Waals surface area contributed by atoms with Gasteiger partial charge in [-0.25, -0.2) is 10.3 Å². The molecule has 0 unspecified atom stereocenters. The number of nitrogens with zero attached hydrogens (tertiary/aromatic N) is 2. The SMILES string of the molecule is CC(C)(C)OC(=O)N[C@@H](CO)COCCCCCCCCCCCNC1=CC=C([N+](=O)[O-])N2ONC=C12. The Balaban J connectivity index is 1.41. The number of hydroxylamine groups is 3. The van der Waals surface area contributed by atoms with Crippen LogP contribution in [-0.4, -0.2) is 59.2 Å². The highest BCUT2D eigenvalue weighted by atomic mass is 16.8. The van der Waals surface area contributed by atoms with E-state index in [1.54, 1.807) is 33.0 Å². The maximum Gasteiger partial charge on any atom is 0.408 e. The maximum absolute atomic E-state index is 11.8. The summed E-state index contributed by atoms with van der Waals surface area (Å²) in [6.07, 6.45) is 14.4. The van der Waals surface area contributed by atoms with Crippen LogP contribution in [0.25, 0.3) is 0 Å². The molecule has 37 heavy (non-hydrogen) atoms. The molecule has 1 atom stereocenters. The molecule has 2 rings (SSSR count). The Hall–Kier alpha value is -2.83. The highest BCUT2D eigenvalue weighted by Gasteiger charge is 2.37. The van der Waals surface area contributed by atoms with Gasteiger partial charge in [-0.2, -0.15) is 0 Å². The highest BCUT2D eigenvalue weighted by molar-refractivity contribution is 5.68.